The molecule has 12 heteroatoms. The smallest absolute Gasteiger partial charge is 0.212 e. The molecule has 0 saturated heterocycles. The monoisotopic (exact) mass is 520 g/mol. The lowest BCUT2D eigenvalue weighted by Crippen LogP contribution is -2.36. The Morgan fingerprint density at radius 3 is 2.76 bits per heavy atom. The number of carbonyl (C=O) groups excluding carboxylic acids is 1. The number of ether oxygens (including phenoxy) is 2. The van der Waals surface area contributed by atoms with E-state index in [1.165, 1.54) is 18.2 Å². The van der Waals surface area contributed by atoms with Crippen molar-refractivity contribution in [3.8, 4) is 11.5 Å². The topological polar surface area (TPSA) is 164 Å². The number of nitrogens with one attached hydrogen (secondary N) is 3. The molecular weight excluding hydrogens is 491 g/mol. The minimum absolute atomic E-state index is 0.0824. The van der Waals surface area contributed by atoms with Crippen molar-refractivity contribution in [1.82, 2.24) is 10.3 Å². The van der Waals surface area contributed by atoms with E-state index >= 15 is 4.39 Å². The normalized spacial score (nSPS) is 13.5. The molecular formula is C26H29FN8O3. The molecule has 1 aromatic heterocycles. The van der Waals surface area contributed by atoms with Crippen molar-refractivity contribution in [1.29, 1.82) is 5.41 Å². The van der Waals surface area contributed by atoms with Crippen LogP contribution in [-0.2, 0) is 11.2 Å². The molecule has 38 heavy (non-hydrogen) atoms. The van der Waals surface area contributed by atoms with Crippen LogP contribution >= 0.6 is 0 Å². The molecule has 7 N–H and O–H groups in total. The second kappa shape index (κ2) is 11.5. The van der Waals surface area contributed by atoms with Gasteiger partial charge in [0.2, 0.25) is 6.41 Å². The molecule has 1 aliphatic rings. The summed E-state index contributed by atoms with van der Waals surface area (Å²) in [4.78, 5) is 15.8. The Balaban J connectivity index is 1.86. The summed E-state index contributed by atoms with van der Waals surface area (Å²) in [5.74, 6) is 0.463. The van der Waals surface area contributed by atoms with Crippen LogP contribution in [0.1, 0.15) is 29.2 Å². The van der Waals surface area contributed by atoms with Crippen LogP contribution in [0.25, 0.3) is 0 Å². The third-order valence-electron chi connectivity index (χ3n) is 6.06. The fourth-order valence-electron chi connectivity index (χ4n) is 4.19. The Bertz CT molecular complexity index is 1360. The van der Waals surface area contributed by atoms with Crippen LogP contribution in [0.4, 0.5) is 21.6 Å². The Morgan fingerprint density at radius 1 is 1.34 bits per heavy atom. The number of aromatic nitrogens is 1. The average Bonchev–Trinajstić information content (AvgIpc) is 2.92. The maximum atomic E-state index is 16.1. The summed E-state index contributed by atoms with van der Waals surface area (Å²) >= 11 is 0. The van der Waals surface area contributed by atoms with Gasteiger partial charge in [0.05, 0.1) is 13.7 Å². The molecule has 0 bridgehead atoms. The number of amides is 1. The van der Waals surface area contributed by atoms with Gasteiger partial charge in [-0.15, -0.1) is 0 Å². The molecule has 0 saturated carbocycles. The number of pyridine rings is 1. The molecule has 1 atom stereocenters. The molecule has 2 aromatic carbocycles. The first kappa shape index (κ1) is 26.2. The molecule has 3 aromatic rings. The number of fused-ring (bicyclic) bond motifs is 1. The predicted molar refractivity (Wildman–Crippen MR) is 144 cm³/mol. The van der Waals surface area contributed by atoms with Gasteiger partial charge in [0.1, 0.15) is 29.2 Å². The van der Waals surface area contributed by atoms with Gasteiger partial charge in [-0.2, -0.15) is 5.10 Å². The fourth-order valence-corrected chi connectivity index (χ4v) is 4.19. The van der Waals surface area contributed by atoms with Crippen molar-refractivity contribution in [2.24, 2.45) is 10.8 Å². The minimum Gasteiger partial charge on any atom is -0.493 e. The van der Waals surface area contributed by atoms with Crippen molar-refractivity contribution in [2.45, 2.75) is 18.9 Å². The number of nitrogens with zero attached hydrogens (tertiary/aromatic N) is 3. The van der Waals surface area contributed by atoms with Gasteiger partial charge < -0.3 is 31.6 Å². The summed E-state index contributed by atoms with van der Waals surface area (Å²) in [5, 5.41) is 19.5. The van der Waals surface area contributed by atoms with E-state index in [4.69, 9.17) is 26.4 Å². The van der Waals surface area contributed by atoms with Gasteiger partial charge in [-0.1, -0.05) is 0 Å². The molecule has 4 rings (SSSR count). The lowest BCUT2D eigenvalue weighted by atomic mass is 9.96. The standard InChI is InChI=1S/C26H29FN8O3/c1-35(19-6-3-11-31-25(19)30)34-26(32-14-36)22(33-16-9-7-15(8-10-16)24(28)29)18-13-20(37-2)23-17(21(18)27)5-4-12-38-23/h3,6-11,13-14,22,33H,4-5,12H2,1-2H3,(H3,28,29)(H2,30,31)(H,32,34,36). The highest BCUT2D eigenvalue weighted by molar-refractivity contribution is 5.98. The first-order valence-electron chi connectivity index (χ1n) is 11.8. The van der Waals surface area contributed by atoms with Crippen molar-refractivity contribution in [3.05, 3.63) is 71.2 Å². The highest BCUT2D eigenvalue weighted by atomic mass is 19.1. The van der Waals surface area contributed by atoms with Gasteiger partial charge in [0.25, 0.3) is 0 Å². The van der Waals surface area contributed by atoms with Gasteiger partial charge in [0.15, 0.2) is 17.3 Å². The molecule has 0 fully saturated rings. The second-order valence-electron chi connectivity index (χ2n) is 8.49. The van der Waals surface area contributed by atoms with E-state index in [0.29, 0.717) is 59.9 Å². The molecule has 0 radical (unpaired) electrons. The summed E-state index contributed by atoms with van der Waals surface area (Å²) in [6.45, 7) is 0.461. The maximum absolute atomic E-state index is 16.1. The summed E-state index contributed by atoms with van der Waals surface area (Å²) in [6.07, 6.45) is 3.12. The number of benzene rings is 2. The quantitative estimate of drug-likeness (QED) is 0.124. The number of amidine groups is 2. The van der Waals surface area contributed by atoms with E-state index in [9.17, 15) is 4.79 Å². The molecule has 1 aliphatic heterocycles. The number of hydrazone groups is 1. The summed E-state index contributed by atoms with van der Waals surface area (Å²) in [7, 11) is 3.12. The largest absolute Gasteiger partial charge is 0.493 e. The van der Waals surface area contributed by atoms with Gasteiger partial charge in [-0.25, -0.2) is 9.37 Å². The van der Waals surface area contributed by atoms with Crippen LogP contribution in [0.2, 0.25) is 0 Å². The number of hydrogen-bond acceptors (Lipinski definition) is 9. The number of nitrogen functional groups attached to an aromatic ring is 2. The number of hydrogen-bond donors (Lipinski definition) is 5. The molecule has 0 aliphatic carbocycles. The van der Waals surface area contributed by atoms with Crippen LogP contribution in [0.5, 0.6) is 11.5 Å². The zero-order chi connectivity index (χ0) is 27.2. The number of nitrogens with two attached hydrogens (primary N) is 2. The fraction of sp³-hybridized carbons (Fsp3) is 0.231. The first-order valence-corrected chi connectivity index (χ1v) is 11.8. The minimum atomic E-state index is -0.982. The Morgan fingerprint density at radius 2 is 2.11 bits per heavy atom. The summed E-state index contributed by atoms with van der Waals surface area (Å²) in [5.41, 5.74) is 13.7. The first-order chi connectivity index (χ1) is 18.3. The lowest BCUT2D eigenvalue weighted by molar-refractivity contribution is -0.108. The predicted octanol–water partition coefficient (Wildman–Crippen LogP) is 2.77. The zero-order valence-electron chi connectivity index (χ0n) is 21.0. The SMILES string of the molecule is COc1cc(C(Nc2ccc(C(=N)N)cc2)/C(=N/N(C)c2cccnc2N)NC=O)c(F)c2c1OCCC2. The van der Waals surface area contributed by atoms with Crippen molar-refractivity contribution < 1.29 is 18.7 Å². The lowest BCUT2D eigenvalue weighted by Gasteiger charge is -2.28. The van der Waals surface area contributed by atoms with Crippen LogP contribution in [0.3, 0.4) is 0 Å². The van der Waals surface area contributed by atoms with E-state index < -0.39 is 11.9 Å². The Labute approximate surface area is 219 Å². The Kier molecular flexibility index (Phi) is 7.90. The Hall–Kier alpha value is -4.87. The third kappa shape index (κ3) is 5.43. The molecule has 2 heterocycles. The van der Waals surface area contributed by atoms with Crippen LogP contribution in [-0.4, -0.2) is 43.8 Å². The molecule has 0 spiro atoms. The van der Waals surface area contributed by atoms with Crippen molar-refractivity contribution in [2.75, 3.05) is 36.8 Å². The number of carbonyl (C=O) groups is 1. The third-order valence-corrected chi connectivity index (χ3v) is 6.06. The van der Waals surface area contributed by atoms with Crippen molar-refractivity contribution >= 4 is 35.3 Å². The molecule has 1 amide bonds. The van der Waals surface area contributed by atoms with Crippen LogP contribution < -0.4 is 36.6 Å². The van der Waals surface area contributed by atoms with E-state index in [-0.39, 0.29) is 23.1 Å². The van der Waals surface area contributed by atoms with Gasteiger partial charge in [0, 0.05) is 35.6 Å². The highest BCUT2D eigenvalue weighted by Crippen LogP contribution is 2.41. The number of anilines is 3. The van der Waals surface area contributed by atoms with E-state index in [1.54, 1.807) is 49.6 Å². The van der Waals surface area contributed by atoms with Gasteiger partial charge in [-0.05, 0) is 55.3 Å². The number of rotatable bonds is 9. The van der Waals surface area contributed by atoms with E-state index in [0.717, 1.165) is 0 Å². The van der Waals surface area contributed by atoms with Crippen molar-refractivity contribution in [3.63, 3.8) is 0 Å². The van der Waals surface area contributed by atoms with Crippen LogP contribution in [0.15, 0.2) is 53.8 Å². The second-order valence-corrected chi connectivity index (χ2v) is 8.49. The molecule has 1 unspecified atom stereocenters. The zero-order valence-corrected chi connectivity index (χ0v) is 21.0. The maximum Gasteiger partial charge on any atom is 0.212 e. The van der Waals surface area contributed by atoms with E-state index in [1.807, 2.05) is 0 Å². The molecule has 198 valence electrons. The number of halogens is 1. The van der Waals surface area contributed by atoms with E-state index in [2.05, 4.69) is 20.7 Å². The van der Waals surface area contributed by atoms with Gasteiger partial charge in [-0.3, -0.25) is 15.2 Å². The highest BCUT2D eigenvalue weighted by Gasteiger charge is 2.30. The summed E-state index contributed by atoms with van der Waals surface area (Å²) in [6, 6.07) is 10.7. The average molecular weight is 521 g/mol. The molecule has 11 nitrogen and oxygen atoms in total. The van der Waals surface area contributed by atoms with Gasteiger partial charge >= 0.3 is 0 Å². The number of methoxy groups -OCH3 is 1. The summed E-state index contributed by atoms with van der Waals surface area (Å²) < 4.78 is 27.3. The van der Waals surface area contributed by atoms with Crippen LogP contribution in [0, 0.1) is 11.2 Å².